The van der Waals surface area contributed by atoms with Crippen LogP contribution in [0.3, 0.4) is 0 Å². The molecule has 2 heterocycles. The molecule has 1 fully saturated rings. The van der Waals surface area contributed by atoms with Crippen LogP contribution in [0.25, 0.3) is 10.8 Å². The molecule has 3 aromatic rings. The van der Waals surface area contributed by atoms with Crippen molar-refractivity contribution >= 4 is 22.4 Å². The number of phenols is 1. The lowest BCUT2D eigenvalue weighted by atomic mass is 9.93. The maximum Gasteiger partial charge on any atom is 0.277 e. The van der Waals surface area contributed by atoms with Gasteiger partial charge in [0, 0.05) is 23.2 Å². The lowest BCUT2D eigenvalue weighted by molar-refractivity contribution is 0.0958. The third-order valence-corrected chi connectivity index (χ3v) is 5.43. The average Bonchev–Trinajstić information content (AvgIpc) is 3.41. The molecule has 1 aliphatic heterocycles. The van der Waals surface area contributed by atoms with Gasteiger partial charge in [0.25, 0.3) is 5.91 Å². The molecule has 1 N–H and O–H groups in total. The highest BCUT2D eigenvalue weighted by Gasteiger charge is 2.55. The molecule has 5 nitrogen and oxygen atoms in total. The van der Waals surface area contributed by atoms with Crippen LogP contribution in [0.15, 0.2) is 36.8 Å². The van der Waals surface area contributed by atoms with Crippen molar-refractivity contribution in [3.63, 3.8) is 0 Å². The van der Waals surface area contributed by atoms with Crippen molar-refractivity contribution in [1.29, 1.82) is 0 Å². The van der Waals surface area contributed by atoms with Crippen LogP contribution in [0.1, 0.15) is 34.5 Å². The summed E-state index contributed by atoms with van der Waals surface area (Å²) in [6.45, 7) is 0. The molecule has 132 valence electrons. The number of halogens is 1. The summed E-state index contributed by atoms with van der Waals surface area (Å²) in [5.74, 6) is 1.57. The third-order valence-electron chi connectivity index (χ3n) is 5.43. The molecule has 5 rings (SSSR count). The summed E-state index contributed by atoms with van der Waals surface area (Å²) in [6, 6.07) is 5.82. The molecule has 1 spiro atoms. The highest BCUT2D eigenvalue weighted by atomic mass is 19.1. The van der Waals surface area contributed by atoms with E-state index < -0.39 is 11.4 Å². The Bertz CT molecular complexity index is 1180. The third kappa shape index (κ3) is 2.15. The smallest absolute Gasteiger partial charge is 0.277 e. The molecular formula is C21H14FN3O2. The topological polar surface area (TPSA) is 66.3 Å². The Balaban J connectivity index is 1.83. The van der Waals surface area contributed by atoms with Crippen LogP contribution in [-0.4, -0.2) is 26.5 Å². The Morgan fingerprint density at radius 2 is 2.11 bits per heavy atom. The van der Waals surface area contributed by atoms with Crippen molar-refractivity contribution in [1.82, 2.24) is 9.97 Å². The van der Waals surface area contributed by atoms with E-state index in [1.165, 1.54) is 24.5 Å². The van der Waals surface area contributed by atoms with Gasteiger partial charge in [0.2, 0.25) is 0 Å². The standard InChI is InChI=1S/C21H14FN3O2/c1-2-15-16(22)4-3-12-7-14(26)8-17(18(12)15)25-20(27)19-13(10-23-11-24-19)9-21(25)5-6-21/h1,3-4,7-8,10-11,26H,5-6,9H2. The van der Waals surface area contributed by atoms with Crippen LogP contribution in [-0.2, 0) is 6.42 Å². The number of anilines is 1. The molecule has 0 unspecified atom stereocenters. The lowest BCUT2D eigenvalue weighted by Crippen LogP contribution is -2.48. The van der Waals surface area contributed by atoms with Crippen LogP contribution >= 0.6 is 0 Å². The maximum absolute atomic E-state index is 14.4. The zero-order valence-corrected chi connectivity index (χ0v) is 14.2. The van der Waals surface area contributed by atoms with Crippen LogP contribution in [0.5, 0.6) is 5.75 Å². The highest BCUT2D eigenvalue weighted by molar-refractivity contribution is 6.14. The molecule has 0 radical (unpaired) electrons. The van der Waals surface area contributed by atoms with Crippen LogP contribution in [0, 0.1) is 18.2 Å². The van der Waals surface area contributed by atoms with E-state index in [1.807, 2.05) is 0 Å². The van der Waals surface area contributed by atoms with Gasteiger partial charge in [-0.3, -0.25) is 9.69 Å². The summed E-state index contributed by atoms with van der Waals surface area (Å²) in [4.78, 5) is 23.1. The number of hydrogen-bond donors (Lipinski definition) is 1. The number of fused-ring (bicyclic) bond motifs is 2. The first kappa shape index (κ1) is 15.8. The summed E-state index contributed by atoms with van der Waals surface area (Å²) in [7, 11) is 0. The van der Waals surface area contributed by atoms with Gasteiger partial charge in [0.05, 0.1) is 16.8 Å². The molecule has 2 aromatic carbocycles. The minimum Gasteiger partial charge on any atom is -0.508 e. The number of benzene rings is 2. The molecule has 1 amide bonds. The fraction of sp³-hybridized carbons (Fsp3) is 0.190. The number of aromatic hydroxyl groups is 1. The van der Waals surface area contributed by atoms with Crippen molar-refractivity contribution in [2.45, 2.75) is 24.8 Å². The quantitative estimate of drug-likeness (QED) is 0.678. The Hall–Kier alpha value is -3.46. The molecule has 27 heavy (non-hydrogen) atoms. The Morgan fingerprint density at radius 1 is 1.30 bits per heavy atom. The van der Waals surface area contributed by atoms with Crippen molar-refractivity contribution in [3.05, 3.63) is 59.4 Å². The molecule has 0 atom stereocenters. The highest BCUT2D eigenvalue weighted by Crippen LogP contribution is 2.52. The molecule has 0 bridgehead atoms. The SMILES string of the molecule is C#Cc1c(F)ccc2cc(O)cc(N3C(=O)c4ncncc4CC34CC4)c12. The van der Waals surface area contributed by atoms with Gasteiger partial charge >= 0.3 is 0 Å². The van der Waals surface area contributed by atoms with E-state index in [1.54, 1.807) is 17.2 Å². The fourth-order valence-corrected chi connectivity index (χ4v) is 4.07. The first-order valence-corrected chi connectivity index (χ1v) is 8.59. The zero-order valence-electron chi connectivity index (χ0n) is 14.2. The predicted octanol–water partition coefficient (Wildman–Crippen LogP) is 3.19. The summed E-state index contributed by atoms with van der Waals surface area (Å²) in [6.07, 6.45) is 10.8. The summed E-state index contributed by atoms with van der Waals surface area (Å²) in [5.41, 5.74) is 1.23. The summed E-state index contributed by atoms with van der Waals surface area (Å²) in [5, 5.41) is 11.3. The molecule has 6 heteroatoms. The van der Waals surface area contributed by atoms with Crippen molar-refractivity contribution in [2.24, 2.45) is 0 Å². The Morgan fingerprint density at radius 3 is 2.85 bits per heavy atom. The Kier molecular flexibility index (Phi) is 3.08. The molecular weight excluding hydrogens is 345 g/mol. The van der Waals surface area contributed by atoms with Gasteiger partial charge in [0.15, 0.2) is 0 Å². The number of carbonyl (C=O) groups is 1. The van der Waals surface area contributed by atoms with Gasteiger partial charge in [0.1, 0.15) is 23.6 Å². The monoisotopic (exact) mass is 359 g/mol. The molecule has 2 aliphatic rings. The average molecular weight is 359 g/mol. The number of phenolic OH excluding ortho intramolecular Hbond substituents is 1. The van der Waals surface area contributed by atoms with Gasteiger partial charge < -0.3 is 5.11 Å². The molecule has 1 saturated carbocycles. The zero-order chi connectivity index (χ0) is 18.8. The number of terminal acetylenes is 1. The van der Waals surface area contributed by atoms with Crippen molar-refractivity contribution < 1.29 is 14.3 Å². The second kappa shape index (κ2) is 5.27. The van der Waals surface area contributed by atoms with Crippen LogP contribution in [0.4, 0.5) is 10.1 Å². The van der Waals surface area contributed by atoms with Gasteiger partial charge in [-0.25, -0.2) is 14.4 Å². The fourth-order valence-electron chi connectivity index (χ4n) is 4.07. The van der Waals surface area contributed by atoms with Crippen LogP contribution in [0.2, 0.25) is 0 Å². The second-order valence-electron chi connectivity index (χ2n) is 7.07. The van der Waals surface area contributed by atoms with E-state index in [9.17, 15) is 14.3 Å². The summed E-state index contributed by atoms with van der Waals surface area (Å²) >= 11 is 0. The van der Waals surface area contributed by atoms with Crippen molar-refractivity contribution in [3.8, 4) is 18.1 Å². The first-order valence-electron chi connectivity index (χ1n) is 8.59. The normalized spacial score (nSPS) is 17.0. The van der Waals surface area contributed by atoms with E-state index in [4.69, 9.17) is 6.42 Å². The minimum atomic E-state index is -0.533. The van der Waals surface area contributed by atoms with E-state index in [2.05, 4.69) is 15.9 Å². The summed E-state index contributed by atoms with van der Waals surface area (Å²) < 4.78 is 14.4. The van der Waals surface area contributed by atoms with E-state index >= 15 is 0 Å². The Labute approximate surface area is 154 Å². The van der Waals surface area contributed by atoms with E-state index in [-0.39, 0.29) is 17.2 Å². The number of nitrogens with zero attached hydrogens (tertiary/aromatic N) is 3. The number of amides is 1. The maximum atomic E-state index is 14.4. The largest absolute Gasteiger partial charge is 0.508 e. The van der Waals surface area contributed by atoms with Gasteiger partial charge in [-0.2, -0.15) is 0 Å². The molecule has 1 aromatic heterocycles. The lowest BCUT2D eigenvalue weighted by Gasteiger charge is -2.37. The van der Waals surface area contributed by atoms with Gasteiger partial charge in [-0.05, 0) is 36.8 Å². The van der Waals surface area contributed by atoms with Crippen molar-refractivity contribution in [2.75, 3.05) is 4.90 Å². The molecule has 0 saturated heterocycles. The minimum absolute atomic E-state index is 0.0100. The number of aromatic nitrogens is 2. The number of hydrogen-bond acceptors (Lipinski definition) is 4. The first-order chi connectivity index (χ1) is 13.0. The number of rotatable bonds is 1. The molecule has 1 aliphatic carbocycles. The van der Waals surface area contributed by atoms with Crippen LogP contribution < -0.4 is 4.90 Å². The van der Waals surface area contributed by atoms with Gasteiger partial charge in [-0.15, -0.1) is 6.42 Å². The second-order valence-corrected chi connectivity index (χ2v) is 7.07. The van der Waals surface area contributed by atoms with Gasteiger partial charge in [-0.1, -0.05) is 12.0 Å². The van der Waals surface area contributed by atoms with E-state index in [0.717, 1.165) is 18.4 Å². The van der Waals surface area contributed by atoms with E-state index in [0.29, 0.717) is 28.6 Å². The predicted molar refractivity (Wildman–Crippen MR) is 98.0 cm³/mol. The number of carbonyl (C=O) groups excluding carboxylic acids is 1.